The summed E-state index contributed by atoms with van der Waals surface area (Å²) in [6.07, 6.45) is 0.415. The van der Waals surface area contributed by atoms with E-state index in [0.29, 0.717) is 0 Å². The summed E-state index contributed by atoms with van der Waals surface area (Å²) in [6, 6.07) is 0. The van der Waals surface area contributed by atoms with Gasteiger partial charge in [0.1, 0.15) is 5.60 Å². The number of amides is 1. The van der Waals surface area contributed by atoms with E-state index in [-0.39, 0.29) is 6.09 Å². The summed E-state index contributed by atoms with van der Waals surface area (Å²) in [5.41, 5.74) is -0.411. The summed E-state index contributed by atoms with van der Waals surface area (Å²) in [6.45, 7) is 7.44. The molecule has 0 aliphatic heterocycles. The number of nitrogens with one attached hydrogen (secondary N) is 1. The van der Waals surface area contributed by atoms with Crippen LogP contribution >= 0.6 is 0 Å². The van der Waals surface area contributed by atoms with Gasteiger partial charge in [-0.2, -0.15) is 0 Å². The van der Waals surface area contributed by atoms with Crippen molar-refractivity contribution in [2.75, 3.05) is 0 Å². The van der Waals surface area contributed by atoms with E-state index in [1.54, 1.807) is 7.41 Å². The second-order valence-corrected chi connectivity index (χ2v) is 3.26. The van der Waals surface area contributed by atoms with Gasteiger partial charge in [0.25, 0.3) is 7.41 Å². The molecule has 0 heterocycles. The van der Waals surface area contributed by atoms with Crippen molar-refractivity contribution in [3.05, 3.63) is 0 Å². The van der Waals surface area contributed by atoms with Gasteiger partial charge in [-0.1, -0.05) is 13.2 Å². The van der Waals surface area contributed by atoms with Crippen molar-refractivity contribution in [3.8, 4) is 0 Å². The Bertz CT molecular complexity index is 131. The maximum Gasteiger partial charge on any atom is 0.395 e. The number of carbonyl (C=O) groups is 1. The highest BCUT2D eigenvalue weighted by Gasteiger charge is 2.14. The van der Waals surface area contributed by atoms with Crippen molar-refractivity contribution in [3.63, 3.8) is 0 Å². The van der Waals surface area contributed by atoms with Crippen LogP contribution in [0.4, 0.5) is 4.79 Å². The van der Waals surface area contributed by atoms with Gasteiger partial charge in [0, 0.05) is 0 Å². The van der Waals surface area contributed by atoms with Crippen LogP contribution in [-0.2, 0) is 4.74 Å². The minimum Gasteiger partial charge on any atom is -0.445 e. The molecule has 3 nitrogen and oxygen atoms in total. The van der Waals surface area contributed by atoms with Gasteiger partial charge in [0.15, 0.2) is 0 Å². The first-order chi connectivity index (χ1) is 4.95. The molecule has 11 heavy (non-hydrogen) atoms. The van der Waals surface area contributed by atoms with E-state index in [0.717, 1.165) is 6.32 Å². The first-order valence-electron chi connectivity index (χ1n) is 3.77. The molecule has 1 N–H and O–H groups in total. The zero-order valence-electron chi connectivity index (χ0n) is 7.60. The Labute approximate surface area is 68.8 Å². The fourth-order valence-electron chi connectivity index (χ4n) is 0.493. The molecule has 0 rings (SSSR count). The van der Waals surface area contributed by atoms with E-state index in [2.05, 4.69) is 5.23 Å². The highest BCUT2D eigenvalue weighted by molar-refractivity contribution is 6.36. The minimum absolute atomic E-state index is 0.389. The van der Waals surface area contributed by atoms with Crippen LogP contribution in [0.25, 0.3) is 0 Å². The summed E-state index contributed by atoms with van der Waals surface area (Å²) in [5.74, 6) is 0. The molecule has 0 spiro atoms. The van der Waals surface area contributed by atoms with Crippen LogP contribution < -0.4 is 5.23 Å². The normalized spacial score (nSPS) is 10.5. The lowest BCUT2D eigenvalue weighted by Gasteiger charge is -2.19. The Morgan fingerprint density at radius 3 is 2.45 bits per heavy atom. The van der Waals surface area contributed by atoms with E-state index >= 15 is 0 Å². The first-order valence-corrected chi connectivity index (χ1v) is 3.77. The van der Waals surface area contributed by atoms with Gasteiger partial charge in [0.05, 0.1) is 0 Å². The Kier molecular flexibility index (Phi) is 4.00. The third-order valence-electron chi connectivity index (χ3n) is 0.823. The predicted octanol–water partition coefficient (Wildman–Crippen LogP) is 1.57. The predicted molar refractivity (Wildman–Crippen MR) is 45.6 cm³/mol. The zero-order valence-corrected chi connectivity index (χ0v) is 7.60. The second-order valence-electron chi connectivity index (χ2n) is 3.26. The SMILES string of the molecule is CC[B]NC(=O)OC(C)(C)C. The van der Waals surface area contributed by atoms with Crippen LogP contribution in [-0.4, -0.2) is 19.1 Å². The van der Waals surface area contributed by atoms with E-state index in [9.17, 15) is 4.79 Å². The number of hydrogen-bond donors (Lipinski definition) is 1. The summed E-state index contributed by atoms with van der Waals surface area (Å²) in [4.78, 5) is 10.9. The Morgan fingerprint density at radius 1 is 1.55 bits per heavy atom. The van der Waals surface area contributed by atoms with Gasteiger partial charge in [-0.3, -0.25) is 0 Å². The van der Waals surface area contributed by atoms with Gasteiger partial charge in [0.2, 0.25) is 0 Å². The maximum absolute atomic E-state index is 10.9. The molecule has 1 amide bonds. The summed E-state index contributed by atoms with van der Waals surface area (Å²) in [7, 11) is 1.66. The maximum atomic E-state index is 10.9. The van der Waals surface area contributed by atoms with Crippen molar-refractivity contribution in [1.82, 2.24) is 5.23 Å². The number of ether oxygens (including phenoxy) is 1. The molecule has 0 fully saturated rings. The fraction of sp³-hybridized carbons (Fsp3) is 0.857. The molecule has 63 valence electrons. The van der Waals surface area contributed by atoms with Gasteiger partial charge in [-0.15, -0.1) is 0 Å². The van der Waals surface area contributed by atoms with Crippen molar-refractivity contribution < 1.29 is 9.53 Å². The standard InChI is InChI=1S/C7H15BNO2/c1-5-8-9-6(10)11-7(2,3)4/h5H2,1-4H3,(H,9,10). The molecule has 0 saturated carbocycles. The molecule has 0 aliphatic carbocycles. The molecule has 1 radical (unpaired) electrons. The zero-order chi connectivity index (χ0) is 8.91. The molecule has 0 saturated heterocycles. The molecule has 0 unspecified atom stereocenters. The molecular weight excluding hydrogens is 141 g/mol. The van der Waals surface area contributed by atoms with Crippen LogP contribution in [0.15, 0.2) is 0 Å². The molecule has 0 aromatic rings. The topological polar surface area (TPSA) is 38.3 Å². The van der Waals surface area contributed by atoms with E-state index in [4.69, 9.17) is 4.74 Å². The van der Waals surface area contributed by atoms with Gasteiger partial charge in [-0.05, 0) is 20.8 Å². The molecule has 4 heteroatoms. The van der Waals surface area contributed by atoms with E-state index in [1.807, 2.05) is 27.7 Å². The number of hydrogen-bond acceptors (Lipinski definition) is 2. The highest BCUT2D eigenvalue weighted by Crippen LogP contribution is 2.05. The van der Waals surface area contributed by atoms with Crippen molar-refractivity contribution in [2.45, 2.75) is 39.6 Å². The van der Waals surface area contributed by atoms with E-state index in [1.165, 1.54) is 0 Å². The Hall–Kier alpha value is -0.665. The average molecular weight is 156 g/mol. The van der Waals surface area contributed by atoms with Crippen molar-refractivity contribution >= 4 is 13.5 Å². The monoisotopic (exact) mass is 156 g/mol. The Balaban J connectivity index is 3.53. The lowest BCUT2D eigenvalue weighted by Crippen LogP contribution is -2.34. The molecule has 0 aromatic heterocycles. The summed E-state index contributed by atoms with van der Waals surface area (Å²) < 4.78 is 4.96. The molecule has 0 aliphatic rings. The third kappa shape index (κ3) is 7.23. The number of rotatable bonds is 2. The van der Waals surface area contributed by atoms with Crippen molar-refractivity contribution in [2.24, 2.45) is 0 Å². The summed E-state index contributed by atoms with van der Waals surface area (Å²) in [5, 5.41) is 2.50. The number of carbonyl (C=O) groups excluding carboxylic acids is 1. The smallest absolute Gasteiger partial charge is 0.395 e. The Morgan fingerprint density at radius 2 is 2.09 bits per heavy atom. The fourth-order valence-corrected chi connectivity index (χ4v) is 0.493. The van der Waals surface area contributed by atoms with Gasteiger partial charge < -0.3 is 9.96 Å². The lowest BCUT2D eigenvalue weighted by atomic mass is 9.91. The quantitative estimate of drug-likeness (QED) is 0.616. The second kappa shape index (κ2) is 4.26. The molecular formula is C7H15BNO2. The van der Waals surface area contributed by atoms with Crippen LogP contribution in [0.5, 0.6) is 0 Å². The molecule has 0 atom stereocenters. The molecule has 0 bridgehead atoms. The molecule has 0 aromatic carbocycles. The van der Waals surface area contributed by atoms with Crippen LogP contribution in [0, 0.1) is 0 Å². The van der Waals surface area contributed by atoms with Crippen LogP contribution in [0.2, 0.25) is 6.32 Å². The average Bonchev–Trinajstić information content (AvgIpc) is 1.79. The first kappa shape index (κ1) is 10.3. The van der Waals surface area contributed by atoms with Gasteiger partial charge in [-0.25, -0.2) is 4.79 Å². The van der Waals surface area contributed by atoms with E-state index < -0.39 is 5.60 Å². The van der Waals surface area contributed by atoms with Crippen LogP contribution in [0.1, 0.15) is 27.7 Å². The lowest BCUT2D eigenvalue weighted by molar-refractivity contribution is 0.0568. The summed E-state index contributed by atoms with van der Waals surface area (Å²) >= 11 is 0. The third-order valence-corrected chi connectivity index (χ3v) is 0.823. The van der Waals surface area contributed by atoms with Crippen molar-refractivity contribution in [1.29, 1.82) is 0 Å². The largest absolute Gasteiger partial charge is 0.445 e. The van der Waals surface area contributed by atoms with Crippen LogP contribution in [0.3, 0.4) is 0 Å². The van der Waals surface area contributed by atoms with Gasteiger partial charge >= 0.3 is 6.09 Å². The minimum atomic E-state index is -0.411. The highest BCUT2D eigenvalue weighted by atomic mass is 16.6.